The van der Waals surface area contributed by atoms with E-state index in [9.17, 15) is 9.59 Å². The Morgan fingerprint density at radius 1 is 1.25 bits per heavy atom. The molecule has 0 unspecified atom stereocenters. The number of thiol groups is 1. The molecule has 2 nitrogen and oxygen atoms in total. The summed E-state index contributed by atoms with van der Waals surface area (Å²) in [5, 5.41) is 0. The van der Waals surface area contributed by atoms with Crippen molar-refractivity contribution in [1.29, 1.82) is 0 Å². The van der Waals surface area contributed by atoms with E-state index < -0.39 is 0 Å². The molecule has 0 spiro atoms. The van der Waals surface area contributed by atoms with Crippen molar-refractivity contribution in [2.24, 2.45) is 0 Å². The summed E-state index contributed by atoms with van der Waals surface area (Å²) in [7, 11) is 0. The van der Waals surface area contributed by atoms with Crippen LogP contribution in [0.3, 0.4) is 0 Å². The van der Waals surface area contributed by atoms with Crippen molar-refractivity contribution in [3.05, 3.63) is 42.0 Å². The Morgan fingerprint density at radius 3 is 2.69 bits per heavy atom. The van der Waals surface area contributed by atoms with Crippen LogP contribution in [0.15, 0.2) is 41.3 Å². The molecule has 0 aromatic heterocycles. The summed E-state index contributed by atoms with van der Waals surface area (Å²) in [6.45, 7) is 0. The number of hydrogen-bond donors (Lipinski definition) is 1. The van der Waals surface area contributed by atoms with E-state index >= 15 is 0 Å². The first-order chi connectivity index (χ1) is 7.75. The first-order valence-corrected chi connectivity index (χ1v) is 5.63. The average Bonchev–Trinajstić information content (AvgIpc) is 2.29. The van der Waals surface area contributed by atoms with Crippen LogP contribution in [0.2, 0.25) is 0 Å². The molecule has 0 saturated carbocycles. The summed E-state index contributed by atoms with van der Waals surface area (Å²) < 4.78 is 0. The lowest BCUT2D eigenvalue weighted by atomic mass is 10.1. The minimum Gasteiger partial charge on any atom is -0.303 e. The molecule has 1 aromatic rings. The zero-order valence-corrected chi connectivity index (χ0v) is 9.82. The quantitative estimate of drug-likeness (QED) is 0.270. The molecule has 0 atom stereocenters. The van der Waals surface area contributed by atoms with E-state index in [2.05, 4.69) is 12.6 Å². The lowest BCUT2D eigenvalue weighted by Crippen LogP contribution is -1.95. The lowest BCUT2D eigenvalue weighted by molar-refractivity contribution is -0.107. The number of ketones is 1. The zero-order valence-electron chi connectivity index (χ0n) is 8.93. The van der Waals surface area contributed by atoms with E-state index in [0.717, 1.165) is 19.1 Å². The molecule has 0 heterocycles. The molecule has 0 aliphatic heterocycles. The topological polar surface area (TPSA) is 34.1 Å². The van der Waals surface area contributed by atoms with E-state index in [1.807, 2.05) is 12.1 Å². The van der Waals surface area contributed by atoms with Crippen molar-refractivity contribution in [1.82, 2.24) is 0 Å². The highest BCUT2D eigenvalue weighted by molar-refractivity contribution is 7.80. The summed E-state index contributed by atoms with van der Waals surface area (Å²) in [6, 6.07) is 7.19. The third kappa shape index (κ3) is 4.03. The Labute approximate surface area is 101 Å². The number of aldehydes is 1. The first kappa shape index (κ1) is 12.7. The Hall–Kier alpha value is -1.35. The molecule has 1 rings (SSSR count). The van der Waals surface area contributed by atoms with Gasteiger partial charge in [0.2, 0.25) is 0 Å². The van der Waals surface area contributed by atoms with Crippen molar-refractivity contribution in [2.45, 2.75) is 24.2 Å². The second-order valence-electron chi connectivity index (χ2n) is 3.38. The third-order valence-corrected chi connectivity index (χ3v) is 2.52. The fraction of sp³-hybridized carbons (Fsp3) is 0.231. The minimum absolute atomic E-state index is 0.0447. The number of allylic oxidation sites excluding steroid dienone is 2. The van der Waals surface area contributed by atoms with Gasteiger partial charge in [0.05, 0.1) is 0 Å². The number of carbonyl (C=O) groups is 2. The van der Waals surface area contributed by atoms with Crippen molar-refractivity contribution in [3.63, 3.8) is 0 Å². The maximum absolute atomic E-state index is 11.7. The highest BCUT2D eigenvalue weighted by atomic mass is 32.1. The van der Waals surface area contributed by atoms with Gasteiger partial charge in [-0.1, -0.05) is 18.2 Å². The van der Waals surface area contributed by atoms with Crippen LogP contribution < -0.4 is 0 Å². The maximum Gasteiger partial charge on any atom is 0.186 e. The lowest BCUT2D eigenvalue weighted by Gasteiger charge is -1.99. The first-order valence-electron chi connectivity index (χ1n) is 5.18. The van der Waals surface area contributed by atoms with Gasteiger partial charge in [-0.15, -0.1) is 12.6 Å². The standard InChI is InChI=1S/C13H14O2S/c14-10-6-2-1-3-8-12(15)11-7-4-5-9-13(11)16/h3-5,7-10,16H,1-2,6H2/b8-3+. The molecule has 3 heteroatoms. The second-order valence-corrected chi connectivity index (χ2v) is 3.86. The van der Waals surface area contributed by atoms with Gasteiger partial charge >= 0.3 is 0 Å². The van der Waals surface area contributed by atoms with Crippen LogP contribution in [-0.2, 0) is 4.79 Å². The van der Waals surface area contributed by atoms with Crippen LogP contribution >= 0.6 is 12.6 Å². The normalized spacial score (nSPS) is 10.6. The molecule has 0 saturated heterocycles. The summed E-state index contributed by atoms with van der Waals surface area (Å²) in [5.74, 6) is -0.0447. The molecule has 16 heavy (non-hydrogen) atoms. The third-order valence-electron chi connectivity index (χ3n) is 2.13. The van der Waals surface area contributed by atoms with Crippen LogP contribution in [0.1, 0.15) is 29.6 Å². The monoisotopic (exact) mass is 234 g/mol. The largest absolute Gasteiger partial charge is 0.303 e. The molecule has 0 aliphatic carbocycles. The summed E-state index contributed by atoms with van der Waals surface area (Å²) >= 11 is 4.21. The van der Waals surface area contributed by atoms with Gasteiger partial charge in [0, 0.05) is 16.9 Å². The average molecular weight is 234 g/mol. The van der Waals surface area contributed by atoms with Gasteiger partial charge in [-0.05, 0) is 31.1 Å². The second kappa shape index (κ2) is 7.01. The fourth-order valence-corrected chi connectivity index (χ4v) is 1.55. The van der Waals surface area contributed by atoms with Crippen LogP contribution in [-0.4, -0.2) is 12.1 Å². The SMILES string of the molecule is O=CCCC/C=C/C(=O)c1ccccc1S. The molecule has 0 radical (unpaired) electrons. The van der Waals surface area contributed by atoms with E-state index in [1.165, 1.54) is 0 Å². The Morgan fingerprint density at radius 2 is 2.00 bits per heavy atom. The van der Waals surface area contributed by atoms with Gasteiger partial charge in [0.15, 0.2) is 5.78 Å². The summed E-state index contributed by atoms with van der Waals surface area (Å²) in [6.07, 6.45) is 6.31. The zero-order chi connectivity index (χ0) is 11.8. The van der Waals surface area contributed by atoms with Gasteiger partial charge in [-0.2, -0.15) is 0 Å². The summed E-state index contributed by atoms with van der Waals surface area (Å²) in [5.41, 5.74) is 0.609. The van der Waals surface area contributed by atoms with Crippen molar-refractivity contribution >= 4 is 24.7 Å². The van der Waals surface area contributed by atoms with E-state index in [-0.39, 0.29) is 5.78 Å². The van der Waals surface area contributed by atoms with Crippen LogP contribution in [0.25, 0.3) is 0 Å². The van der Waals surface area contributed by atoms with Gasteiger partial charge in [0.25, 0.3) is 0 Å². The van der Waals surface area contributed by atoms with Crippen molar-refractivity contribution in [2.75, 3.05) is 0 Å². The maximum atomic E-state index is 11.7. The molecule has 1 aromatic carbocycles. The molecular weight excluding hydrogens is 220 g/mol. The molecule has 0 aliphatic rings. The van der Waals surface area contributed by atoms with Crippen molar-refractivity contribution in [3.8, 4) is 0 Å². The molecule has 0 amide bonds. The molecule has 0 N–H and O–H groups in total. The van der Waals surface area contributed by atoms with Crippen LogP contribution in [0.4, 0.5) is 0 Å². The predicted octanol–water partition coefficient (Wildman–Crippen LogP) is 3.08. The highest BCUT2D eigenvalue weighted by Gasteiger charge is 2.03. The Kier molecular flexibility index (Phi) is 5.57. The van der Waals surface area contributed by atoms with Crippen LogP contribution in [0, 0.1) is 0 Å². The minimum atomic E-state index is -0.0447. The number of unbranched alkanes of at least 4 members (excludes halogenated alkanes) is 2. The van der Waals surface area contributed by atoms with E-state index in [1.54, 1.807) is 24.3 Å². The smallest absolute Gasteiger partial charge is 0.186 e. The number of benzene rings is 1. The number of hydrogen-bond acceptors (Lipinski definition) is 3. The van der Waals surface area contributed by atoms with Gasteiger partial charge in [0.1, 0.15) is 6.29 Å². The highest BCUT2D eigenvalue weighted by Crippen LogP contribution is 2.14. The molecule has 84 valence electrons. The van der Waals surface area contributed by atoms with E-state index in [4.69, 9.17) is 0 Å². The fourth-order valence-electron chi connectivity index (χ4n) is 1.28. The van der Waals surface area contributed by atoms with Gasteiger partial charge < -0.3 is 4.79 Å². The molecular formula is C13H14O2S. The Balaban J connectivity index is 2.52. The Bertz CT molecular complexity index is 397. The number of carbonyl (C=O) groups excluding carboxylic acids is 2. The predicted molar refractivity (Wildman–Crippen MR) is 67.1 cm³/mol. The van der Waals surface area contributed by atoms with Crippen molar-refractivity contribution < 1.29 is 9.59 Å². The summed E-state index contributed by atoms with van der Waals surface area (Å²) in [4.78, 5) is 22.4. The van der Waals surface area contributed by atoms with Gasteiger partial charge in [-0.25, -0.2) is 0 Å². The van der Waals surface area contributed by atoms with Gasteiger partial charge in [-0.3, -0.25) is 4.79 Å². The molecule has 0 fully saturated rings. The number of rotatable bonds is 6. The molecule has 0 bridgehead atoms. The van der Waals surface area contributed by atoms with E-state index in [0.29, 0.717) is 16.9 Å². The van der Waals surface area contributed by atoms with Crippen LogP contribution in [0.5, 0.6) is 0 Å².